The Morgan fingerprint density at radius 2 is 1.96 bits per heavy atom. The molecule has 0 atom stereocenters. The number of esters is 1. The molecular weight excluding hydrogens is 380 g/mol. The van der Waals surface area contributed by atoms with Gasteiger partial charge in [-0.05, 0) is 57.5 Å². The van der Waals surface area contributed by atoms with E-state index in [1.807, 2.05) is 30.5 Å². The fourth-order valence-electron chi connectivity index (χ4n) is 3.20. The minimum atomic E-state index is -0.659. The lowest BCUT2D eigenvalue weighted by Gasteiger charge is -2.10. The lowest BCUT2D eigenvalue weighted by atomic mass is 10.1. The first-order valence-electron chi connectivity index (χ1n) is 8.81. The van der Waals surface area contributed by atoms with Crippen LogP contribution in [0.15, 0.2) is 34.9 Å². The molecule has 6 nitrogen and oxygen atoms in total. The van der Waals surface area contributed by atoms with Crippen LogP contribution < -0.4 is 0 Å². The van der Waals surface area contributed by atoms with Crippen molar-refractivity contribution in [2.45, 2.75) is 34.2 Å². The number of carbonyl (C=O) groups excluding carboxylic acids is 2. The van der Waals surface area contributed by atoms with Crippen LogP contribution in [0.25, 0.3) is 0 Å². The SMILES string of the molecule is Cc1cc(C)c(C(=O)OCC(=O)c2cc(C)n(Cc3ccco3)c2C)c(Cl)n1. The number of ketones is 1. The molecule has 0 saturated carbocycles. The predicted molar refractivity (Wildman–Crippen MR) is 105 cm³/mol. The minimum absolute atomic E-state index is 0.0755. The van der Waals surface area contributed by atoms with Gasteiger partial charge in [0.1, 0.15) is 10.9 Å². The topological polar surface area (TPSA) is 74.3 Å². The van der Waals surface area contributed by atoms with Gasteiger partial charge in [-0.2, -0.15) is 0 Å². The fourth-order valence-corrected chi connectivity index (χ4v) is 3.56. The molecule has 3 aromatic heterocycles. The third kappa shape index (κ3) is 4.02. The van der Waals surface area contributed by atoms with E-state index in [0.29, 0.717) is 23.4 Å². The molecule has 0 aliphatic heterocycles. The highest BCUT2D eigenvalue weighted by atomic mass is 35.5. The molecule has 0 amide bonds. The van der Waals surface area contributed by atoms with Crippen molar-refractivity contribution in [2.24, 2.45) is 0 Å². The van der Waals surface area contributed by atoms with Crippen LogP contribution >= 0.6 is 11.6 Å². The lowest BCUT2D eigenvalue weighted by Crippen LogP contribution is -2.16. The number of ether oxygens (including phenoxy) is 1. The van der Waals surface area contributed by atoms with E-state index in [0.717, 1.165) is 17.1 Å². The number of furan rings is 1. The average Bonchev–Trinajstić information content (AvgIpc) is 3.22. The van der Waals surface area contributed by atoms with Gasteiger partial charge in [-0.3, -0.25) is 4.79 Å². The van der Waals surface area contributed by atoms with E-state index in [-0.39, 0.29) is 23.1 Å². The number of nitrogens with zero attached hydrogens (tertiary/aromatic N) is 2. The minimum Gasteiger partial charge on any atom is -0.467 e. The molecule has 0 fully saturated rings. The van der Waals surface area contributed by atoms with Crippen molar-refractivity contribution >= 4 is 23.4 Å². The number of Topliss-reactive ketones (excluding diaryl/α,β-unsaturated/α-hetero) is 1. The molecule has 0 N–H and O–H groups in total. The highest BCUT2D eigenvalue weighted by molar-refractivity contribution is 6.32. The average molecular weight is 401 g/mol. The molecule has 0 aliphatic carbocycles. The summed E-state index contributed by atoms with van der Waals surface area (Å²) in [6, 6.07) is 7.23. The van der Waals surface area contributed by atoms with Crippen LogP contribution in [-0.2, 0) is 11.3 Å². The first-order chi connectivity index (χ1) is 13.3. The second-order valence-corrected chi connectivity index (χ2v) is 7.05. The van der Waals surface area contributed by atoms with E-state index >= 15 is 0 Å². The summed E-state index contributed by atoms with van der Waals surface area (Å²) in [7, 11) is 0. The Kier molecular flexibility index (Phi) is 5.70. The van der Waals surface area contributed by atoms with Crippen molar-refractivity contribution in [3.63, 3.8) is 0 Å². The normalized spacial score (nSPS) is 10.9. The van der Waals surface area contributed by atoms with Gasteiger partial charge in [0.25, 0.3) is 0 Å². The second kappa shape index (κ2) is 8.02. The van der Waals surface area contributed by atoms with Gasteiger partial charge in [0.15, 0.2) is 6.61 Å². The molecular formula is C21H21ClN2O4. The molecule has 146 valence electrons. The number of pyridine rings is 1. The van der Waals surface area contributed by atoms with Gasteiger partial charge in [0.2, 0.25) is 5.78 Å². The monoisotopic (exact) mass is 400 g/mol. The summed E-state index contributed by atoms with van der Waals surface area (Å²) in [5.41, 5.74) is 3.78. The van der Waals surface area contributed by atoms with E-state index in [1.54, 1.807) is 32.2 Å². The first kappa shape index (κ1) is 19.9. The number of aromatic nitrogens is 2. The van der Waals surface area contributed by atoms with E-state index in [9.17, 15) is 9.59 Å². The number of hydrogen-bond donors (Lipinski definition) is 0. The predicted octanol–water partition coefficient (Wildman–Crippen LogP) is 4.45. The highest BCUT2D eigenvalue weighted by Gasteiger charge is 2.21. The number of carbonyl (C=O) groups is 2. The van der Waals surface area contributed by atoms with Crippen LogP contribution in [0, 0.1) is 27.7 Å². The summed E-state index contributed by atoms with van der Waals surface area (Å²) in [4.78, 5) is 29.1. The Morgan fingerprint density at radius 3 is 2.61 bits per heavy atom. The maximum atomic E-state index is 12.6. The second-order valence-electron chi connectivity index (χ2n) is 6.70. The number of aryl methyl sites for hydroxylation is 3. The van der Waals surface area contributed by atoms with Gasteiger partial charge in [0.05, 0.1) is 18.4 Å². The van der Waals surface area contributed by atoms with Crippen LogP contribution in [0.4, 0.5) is 0 Å². The van der Waals surface area contributed by atoms with Gasteiger partial charge in [-0.25, -0.2) is 9.78 Å². The zero-order valence-electron chi connectivity index (χ0n) is 16.2. The van der Waals surface area contributed by atoms with Gasteiger partial charge < -0.3 is 13.7 Å². The van der Waals surface area contributed by atoms with Crippen LogP contribution in [0.2, 0.25) is 5.15 Å². The smallest absolute Gasteiger partial charge is 0.342 e. The third-order valence-electron chi connectivity index (χ3n) is 4.61. The largest absolute Gasteiger partial charge is 0.467 e. The number of rotatable bonds is 6. The first-order valence-corrected chi connectivity index (χ1v) is 9.19. The summed E-state index contributed by atoms with van der Waals surface area (Å²) >= 11 is 6.07. The van der Waals surface area contributed by atoms with Crippen molar-refractivity contribution < 1.29 is 18.7 Å². The Morgan fingerprint density at radius 1 is 1.21 bits per heavy atom. The maximum Gasteiger partial charge on any atom is 0.342 e. The van der Waals surface area contributed by atoms with Gasteiger partial charge in [-0.1, -0.05) is 11.6 Å². The summed E-state index contributed by atoms with van der Waals surface area (Å²) < 4.78 is 12.6. The number of hydrogen-bond acceptors (Lipinski definition) is 5. The Bertz CT molecular complexity index is 1010. The van der Waals surface area contributed by atoms with Crippen LogP contribution in [0.3, 0.4) is 0 Å². The molecule has 3 heterocycles. The molecule has 3 aromatic rings. The van der Waals surface area contributed by atoms with Crippen molar-refractivity contribution in [1.82, 2.24) is 9.55 Å². The van der Waals surface area contributed by atoms with Gasteiger partial charge >= 0.3 is 5.97 Å². The van der Waals surface area contributed by atoms with Gasteiger partial charge in [-0.15, -0.1) is 0 Å². The summed E-state index contributed by atoms with van der Waals surface area (Å²) in [5.74, 6) is -0.141. The van der Waals surface area contributed by atoms with Crippen LogP contribution in [0.1, 0.15) is 49.1 Å². The molecule has 0 aliphatic rings. The lowest BCUT2D eigenvalue weighted by molar-refractivity contribution is 0.0473. The Hall–Kier alpha value is -2.86. The standard InChI is InChI=1S/C21H21ClN2O4/c1-12-8-13(2)23-20(22)19(12)21(26)28-11-18(25)17-9-14(3)24(15(17)4)10-16-6-5-7-27-16/h5-9H,10-11H2,1-4H3. The van der Waals surface area contributed by atoms with E-state index in [1.165, 1.54) is 0 Å². The summed E-state index contributed by atoms with van der Waals surface area (Å²) in [6.45, 7) is 7.47. The van der Waals surface area contributed by atoms with E-state index < -0.39 is 5.97 Å². The van der Waals surface area contributed by atoms with Crippen molar-refractivity contribution in [1.29, 1.82) is 0 Å². The Labute approximate surface area is 168 Å². The van der Waals surface area contributed by atoms with Crippen molar-refractivity contribution in [3.8, 4) is 0 Å². The number of halogens is 1. The Balaban J connectivity index is 1.73. The molecule has 0 unspecified atom stereocenters. The zero-order chi connectivity index (χ0) is 20.4. The molecule has 7 heteroatoms. The molecule has 3 rings (SSSR count). The summed E-state index contributed by atoms with van der Waals surface area (Å²) in [6.07, 6.45) is 1.61. The van der Waals surface area contributed by atoms with Gasteiger partial charge in [0, 0.05) is 22.6 Å². The molecule has 0 bridgehead atoms. The molecule has 0 spiro atoms. The molecule has 28 heavy (non-hydrogen) atoms. The van der Waals surface area contributed by atoms with Crippen molar-refractivity contribution in [2.75, 3.05) is 6.61 Å². The third-order valence-corrected chi connectivity index (χ3v) is 4.88. The summed E-state index contributed by atoms with van der Waals surface area (Å²) in [5, 5.41) is 0.0755. The van der Waals surface area contributed by atoms with Crippen molar-refractivity contribution in [3.05, 3.63) is 75.2 Å². The molecule has 0 saturated heterocycles. The molecule has 0 aromatic carbocycles. The van der Waals surface area contributed by atoms with Crippen LogP contribution in [-0.4, -0.2) is 27.9 Å². The van der Waals surface area contributed by atoms with E-state index in [2.05, 4.69) is 4.98 Å². The maximum absolute atomic E-state index is 12.6. The quantitative estimate of drug-likeness (QED) is 0.347. The highest BCUT2D eigenvalue weighted by Crippen LogP contribution is 2.21. The fraction of sp³-hybridized carbons (Fsp3) is 0.286. The zero-order valence-corrected chi connectivity index (χ0v) is 17.0. The molecule has 0 radical (unpaired) electrons. The van der Waals surface area contributed by atoms with E-state index in [4.69, 9.17) is 20.8 Å². The van der Waals surface area contributed by atoms with Crippen LogP contribution in [0.5, 0.6) is 0 Å².